The molecule has 4 amide bonds. The first kappa shape index (κ1) is 30.5. The van der Waals surface area contributed by atoms with Crippen LogP contribution in [0.25, 0.3) is 0 Å². The van der Waals surface area contributed by atoms with Gasteiger partial charge in [0.2, 0.25) is 23.6 Å². The number of fused-ring (bicyclic) bond motifs is 4. The molecule has 7 rings (SSSR count). The molecule has 0 spiro atoms. The van der Waals surface area contributed by atoms with Crippen LogP contribution in [0.4, 0.5) is 0 Å². The number of phenols is 3. The topological polar surface area (TPSA) is 145 Å². The number of benzene rings is 3. The second-order valence-electron chi connectivity index (χ2n) is 12.9. The molecule has 0 radical (unpaired) electrons. The molecule has 3 aromatic carbocycles. The van der Waals surface area contributed by atoms with Crippen LogP contribution in [0, 0.1) is 29.6 Å². The van der Waals surface area contributed by atoms with Gasteiger partial charge in [-0.1, -0.05) is 42.0 Å². The zero-order valence-corrected chi connectivity index (χ0v) is 25.9. The van der Waals surface area contributed by atoms with E-state index in [-0.39, 0.29) is 66.1 Å². The number of carbonyl (C=O) groups is 4. The predicted octanol–water partition coefficient (Wildman–Crippen LogP) is 3.93. The molecule has 3 fully saturated rings. The highest BCUT2D eigenvalue weighted by atomic mass is 16.5. The summed E-state index contributed by atoms with van der Waals surface area (Å²) in [5, 5.41) is 29.6. The predicted molar refractivity (Wildman–Crippen MR) is 169 cm³/mol. The maximum atomic E-state index is 14.2. The van der Waals surface area contributed by atoms with E-state index in [1.54, 1.807) is 60.7 Å². The smallest absolute Gasteiger partial charge is 0.234 e. The summed E-state index contributed by atoms with van der Waals surface area (Å²) >= 11 is 0. The van der Waals surface area contributed by atoms with E-state index in [4.69, 9.17) is 4.74 Å². The molecule has 4 aliphatic rings. The summed E-state index contributed by atoms with van der Waals surface area (Å²) in [7, 11) is 1.45. The van der Waals surface area contributed by atoms with Crippen LogP contribution in [0.5, 0.6) is 23.0 Å². The first-order valence-electron chi connectivity index (χ1n) is 16.0. The number of hydrogen-bond acceptors (Lipinski definition) is 8. The average Bonchev–Trinajstić information content (AvgIpc) is 3.46. The number of imide groups is 2. The van der Waals surface area contributed by atoms with Crippen LogP contribution in [0.2, 0.25) is 0 Å². The number of phenolic OH excluding ortho intramolecular Hbond substituents is 3. The van der Waals surface area contributed by atoms with Gasteiger partial charge in [-0.25, -0.2) is 0 Å². The Kier molecular flexibility index (Phi) is 7.74. The van der Waals surface area contributed by atoms with Crippen LogP contribution in [0.3, 0.4) is 0 Å². The highest BCUT2D eigenvalue weighted by Gasteiger charge is 2.61. The molecule has 47 heavy (non-hydrogen) atoms. The van der Waals surface area contributed by atoms with Gasteiger partial charge in [-0.15, -0.1) is 0 Å². The van der Waals surface area contributed by atoms with Crippen LogP contribution in [0.15, 0.2) is 78.4 Å². The van der Waals surface area contributed by atoms with Crippen molar-refractivity contribution in [2.24, 2.45) is 29.6 Å². The molecule has 10 nitrogen and oxygen atoms in total. The Morgan fingerprint density at radius 3 is 1.81 bits per heavy atom. The summed E-state index contributed by atoms with van der Waals surface area (Å²) in [6.45, 7) is 0.393. The fraction of sp³-hybridized carbons (Fsp3) is 0.351. The van der Waals surface area contributed by atoms with Gasteiger partial charge in [0.1, 0.15) is 11.5 Å². The van der Waals surface area contributed by atoms with E-state index in [1.807, 2.05) is 6.08 Å². The number of rotatable bonds is 8. The van der Waals surface area contributed by atoms with Gasteiger partial charge in [0, 0.05) is 19.0 Å². The lowest BCUT2D eigenvalue weighted by atomic mass is 9.57. The Hall–Kier alpha value is -5.12. The number of ether oxygens (including phenoxy) is 1. The molecule has 2 heterocycles. The van der Waals surface area contributed by atoms with Gasteiger partial charge in [0.15, 0.2) is 11.5 Å². The molecular weight excluding hydrogens is 600 g/mol. The lowest BCUT2D eigenvalue weighted by Gasteiger charge is -2.44. The Bertz CT molecular complexity index is 1780. The van der Waals surface area contributed by atoms with Crippen molar-refractivity contribution in [3.8, 4) is 23.0 Å². The van der Waals surface area contributed by atoms with Crippen molar-refractivity contribution in [1.82, 2.24) is 9.80 Å². The Morgan fingerprint density at radius 2 is 1.23 bits per heavy atom. The van der Waals surface area contributed by atoms with Gasteiger partial charge in [0.25, 0.3) is 0 Å². The molecule has 2 saturated heterocycles. The quantitative estimate of drug-likeness (QED) is 0.249. The molecule has 0 bridgehead atoms. The SMILES string of the molecule is COc1cc(C2C3=CCC4C(=O)N(CCc5ccc(O)cc5)C(=O)C4C3CC3C(=O)N(CCc4ccc(O)cc4)C(=O)C32)ccc1O. The van der Waals surface area contributed by atoms with E-state index < -0.39 is 35.5 Å². The molecule has 2 aliphatic heterocycles. The van der Waals surface area contributed by atoms with Gasteiger partial charge >= 0.3 is 0 Å². The van der Waals surface area contributed by atoms with E-state index in [0.717, 1.165) is 16.7 Å². The minimum atomic E-state index is -0.701. The largest absolute Gasteiger partial charge is 0.508 e. The van der Waals surface area contributed by atoms with Crippen LogP contribution >= 0.6 is 0 Å². The van der Waals surface area contributed by atoms with Crippen molar-refractivity contribution in [3.05, 3.63) is 95.1 Å². The van der Waals surface area contributed by atoms with Crippen molar-refractivity contribution in [2.75, 3.05) is 20.2 Å². The summed E-state index contributed by atoms with van der Waals surface area (Å²) in [4.78, 5) is 58.6. The summed E-state index contributed by atoms with van der Waals surface area (Å²) in [5.74, 6) is -4.09. The third kappa shape index (κ3) is 5.21. The third-order valence-corrected chi connectivity index (χ3v) is 10.5. The van der Waals surface area contributed by atoms with Gasteiger partial charge in [-0.2, -0.15) is 0 Å². The number of methoxy groups -OCH3 is 1. The normalized spacial score (nSPS) is 26.6. The minimum absolute atomic E-state index is 0.0527. The molecule has 6 unspecified atom stereocenters. The monoisotopic (exact) mass is 636 g/mol. The third-order valence-electron chi connectivity index (χ3n) is 10.5. The van der Waals surface area contributed by atoms with Gasteiger partial charge < -0.3 is 20.1 Å². The lowest BCUT2D eigenvalue weighted by molar-refractivity contribution is -0.142. The fourth-order valence-electron chi connectivity index (χ4n) is 8.23. The number of hydrogen-bond donors (Lipinski definition) is 3. The van der Waals surface area contributed by atoms with E-state index in [1.165, 1.54) is 23.0 Å². The standard InChI is InChI=1S/C37H36N2O8/c1-47-30-18-22(6-13-29(30)42)31-25-11-12-26-32(36(45)38(34(26)43)16-14-20-2-7-23(40)8-3-20)27(25)19-28-33(31)37(46)39(35(28)44)17-15-21-4-9-24(41)10-5-21/h2-11,13,18,26-28,31-33,40-42H,12,14-17,19H2,1H3. The molecule has 10 heteroatoms. The minimum Gasteiger partial charge on any atom is -0.508 e. The summed E-state index contributed by atoms with van der Waals surface area (Å²) in [5.41, 5.74) is 3.34. The van der Waals surface area contributed by atoms with Crippen LogP contribution in [0.1, 0.15) is 35.4 Å². The maximum Gasteiger partial charge on any atom is 0.234 e. The molecule has 1 saturated carbocycles. The second kappa shape index (κ2) is 11.9. The summed E-state index contributed by atoms with van der Waals surface area (Å²) in [6.07, 6.45) is 3.51. The van der Waals surface area contributed by atoms with Gasteiger partial charge in [-0.3, -0.25) is 29.0 Å². The van der Waals surface area contributed by atoms with Crippen molar-refractivity contribution < 1.29 is 39.2 Å². The van der Waals surface area contributed by atoms with Crippen LogP contribution < -0.4 is 4.74 Å². The Labute approximate surface area is 271 Å². The van der Waals surface area contributed by atoms with E-state index >= 15 is 0 Å². The highest BCUT2D eigenvalue weighted by Crippen LogP contribution is 2.58. The molecule has 3 aromatic rings. The number of carbonyl (C=O) groups excluding carboxylic acids is 4. The zero-order valence-electron chi connectivity index (χ0n) is 25.9. The molecule has 242 valence electrons. The fourth-order valence-corrected chi connectivity index (χ4v) is 8.23. The molecular formula is C37H36N2O8. The lowest BCUT2D eigenvalue weighted by Crippen LogP contribution is -2.43. The van der Waals surface area contributed by atoms with E-state index in [0.29, 0.717) is 24.8 Å². The number of aromatic hydroxyl groups is 3. The average molecular weight is 637 g/mol. The number of amides is 4. The van der Waals surface area contributed by atoms with Gasteiger partial charge in [-0.05, 0) is 84.7 Å². The van der Waals surface area contributed by atoms with Crippen molar-refractivity contribution in [3.63, 3.8) is 0 Å². The van der Waals surface area contributed by atoms with Crippen molar-refractivity contribution >= 4 is 23.6 Å². The Morgan fingerprint density at radius 1 is 0.681 bits per heavy atom. The highest BCUT2D eigenvalue weighted by molar-refractivity contribution is 6.08. The number of allylic oxidation sites excluding steroid dienone is 2. The molecule has 0 aromatic heterocycles. The van der Waals surface area contributed by atoms with Crippen LogP contribution in [-0.4, -0.2) is 68.9 Å². The first-order chi connectivity index (χ1) is 22.7. The second-order valence-corrected chi connectivity index (χ2v) is 12.9. The number of nitrogens with zero attached hydrogens (tertiary/aromatic N) is 2. The zero-order chi connectivity index (χ0) is 33.0. The molecule has 6 atom stereocenters. The van der Waals surface area contributed by atoms with Gasteiger partial charge in [0.05, 0.1) is 30.8 Å². The van der Waals surface area contributed by atoms with Crippen LogP contribution in [-0.2, 0) is 32.0 Å². The summed E-state index contributed by atoms with van der Waals surface area (Å²) in [6, 6.07) is 18.3. The Balaban J connectivity index is 1.21. The van der Waals surface area contributed by atoms with Crippen molar-refractivity contribution in [2.45, 2.75) is 31.6 Å². The molecule has 2 aliphatic carbocycles. The van der Waals surface area contributed by atoms with E-state index in [9.17, 15) is 34.5 Å². The van der Waals surface area contributed by atoms with E-state index in [2.05, 4.69) is 0 Å². The summed E-state index contributed by atoms with van der Waals surface area (Å²) < 4.78 is 5.40. The molecule has 3 N–H and O–H groups in total. The van der Waals surface area contributed by atoms with Crippen molar-refractivity contribution in [1.29, 1.82) is 0 Å². The first-order valence-corrected chi connectivity index (χ1v) is 16.0. The maximum absolute atomic E-state index is 14.2. The number of likely N-dealkylation sites (tertiary alicyclic amines) is 2.